The molecular weight excluding hydrogens is 246 g/mol. The summed E-state index contributed by atoms with van der Waals surface area (Å²) in [6.07, 6.45) is 9.44. The third-order valence-corrected chi connectivity index (χ3v) is 5.30. The molecule has 0 amide bonds. The lowest BCUT2D eigenvalue weighted by atomic mass is 10.0. The van der Waals surface area contributed by atoms with Crippen molar-refractivity contribution >= 4 is 9.84 Å². The van der Waals surface area contributed by atoms with Gasteiger partial charge in [-0.15, -0.1) is 0 Å². The summed E-state index contributed by atoms with van der Waals surface area (Å²) in [6.45, 7) is 3.95. The molecule has 0 aliphatic heterocycles. The van der Waals surface area contributed by atoms with Gasteiger partial charge in [0.2, 0.25) is 0 Å². The van der Waals surface area contributed by atoms with Crippen LogP contribution in [0, 0.1) is 0 Å². The molecule has 0 aromatic heterocycles. The predicted molar refractivity (Wildman–Crippen MR) is 79.8 cm³/mol. The highest BCUT2D eigenvalue weighted by Crippen LogP contribution is 2.11. The van der Waals surface area contributed by atoms with Gasteiger partial charge in [0.15, 0.2) is 0 Å². The summed E-state index contributed by atoms with van der Waals surface area (Å²) in [5.74, 6) is 0.617. The minimum atomic E-state index is -2.78. The maximum Gasteiger partial charge on any atom is 0.150 e. The van der Waals surface area contributed by atoms with Gasteiger partial charge in [-0.3, -0.25) is 0 Å². The average molecular weight is 277 g/mol. The van der Waals surface area contributed by atoms with Crippen molar-refractivity contribution in [1.82, 2.24) is 5.32 Å². The zero-order valence-corrected chi connectivity index (χ0v) is 13.2. The monoisotopic (exact) mass is 277 g/mol. The molecule has 0 bridgehead atoms. The standard InChI is InChI=1S/C14H31NO2S/c1-4-6-7-8-9-11-14(15-3)12-10-13-18(16,17)5-2/h14-15H,4-13H2,1-3H3. The maximum atomic E-state index is 11.4. The predicted octanol–water partition coefficient (Wildman–Crippen LogP) is 3.15. The molecule has 0 heterocycles. The summed E-state index contributed by atoms with van der Waals surface area (Å²) >= 11 is 0. The number of rotatable bonds is 12. The Morgan fingerprint density at radius 3 is 2.11 bits per heavy atom. The number of unbranched alkanes of at least 4 members (excludes halogenated alkanes) is 4. The smallest absolute Gasteiger partial charge is 0.150 e. The highest BCUT2D eigenvalue weighted by Gasteiger charge is 2.10. The van der Waals surface area contributed by atoms with Crippen LogP contribution in [0.15, 0.2) is 0 Å². The minimum absolute atomic E-state index is 0.272. The summed E-state index contributed by atoms with van der Waals surface area (Å²) in [6, 6.07) is 0.485. The second-order valence-corrected chi connectivity index (χ2v) is 7.54. The van der Waals surface area contributed by atoms with Gasteiger partial charge in [-0.2, -0.15) is 0 Å². The Balaban J connectivity index is 3.64. The maximum absolute atomic E-state index is 11.4. The van der Waals surface area contributed by atoms with E-state index in [2.05, 4.69) is 12.2 Å². The van der Waals surface area contributed by atoms with Crippen molar-refractivity contribution < 1.29 is 8.42 Å². The Kier molecular flexibility index (Phi) is 10.7. The number of hydrogen-bond donors (Lipinski definition) is 1. The van der Waals surface area contributed by atoms with E-state index in [9.17, 15) is 8.42 Å². The molecular formula is C14H31NO2S. The van der Waals surface area contributed by atoms with Crippen molar-refractivity contribution in [3.05, 3.63) is 0 Å². The van der Waals surface area contributed by atoms with Crippen LogP contribution in [0.25, 0.3) is 0 Å². The lowest BCUT2D eigenvalue weighted by Crippen LogP contribution is -2.26. The molecule has 1 unspecified atom stereocenters. The van der Waals surface area contributed by atoms with Gasteiger partial charge in [-0.1, -0.05) is 46.0 Å². The number of hydrogen-bond acceptors (Lipinski definition) is 3. The Hall–Kier alpha value is -0.0900. The van der Waals surface area contributed by atoms with Crippen molar-refractivity contribution in [3.8, 4) is 0 Å². The first-order chi connectivity index (χ1) is 8.55. The van der Waals surface area contributed by atoms with Crippen LogP contribution in [-0.2, 0) is 9.84 Å². The second-order valence-electron chi connectivity index (χ2n) is 5.07. The zero-order chi connectivity index (χ0) is 13.9. The average Bonchev–Trinajstić information content (AvgIpc) is 2.36. The first kappa shape index (κ1) is 17.9. The summed E-state index contributed by atoms with van der Waals surface area (Å²) in [4.78, 5) is 0. The van der Waals surface area contributed by atoms with Crippen LogP contribution in [0.5, 0.6) is 0 Å². The molecule has 4 heteroatoms. The van der Waals surface area contributed by atoms with Crippen LogP contribution in [0.4, 0.5) is 0 Å². The van der Waals surface area contributed by atoms with Gasteiger partial charge in [0.1, 0.15) is 9.84 Å². The van der Waals surface area contributed by atoms with E-state index in [-0.39, 0.29) is 5.75 Å². The topological polar surface area (TPSA) is 46.2 Å². The second kappa shape index (κ2) is 10.8. The van der Waals surface area contributed by atoms with E-state index in [1.54, 1.807) is 6.92 Å². The molecule has 0 aliphatic rings. The lowest BCUT2D eigenvalue weighted by molar-refractivity contribution is 0.454. The molecule has 110 valence electrons. The van der Waals surface area contributed by atoms with Gasteiger partial charge < -0.3 is 5.32 Å². The number of nitrogens with one attached hydrogen (secondary N) is 1. The molecule has 3 nitrogen and oxygen atoms in total. The Bertz CT molecular complexity index is 276. The van der Waals surface area contributed by atoms with Crippen LogP contribution in [0.1, 0.15) is 65.2 Å². The lowest BCUT2D eigenvalue weighted by Gasteiger charge is -2.15. The van der Waals surface area contributed by atoms with E-state index in [4.69, 9.17) is 0 Å². The Morgan fingerprint density at radius 2 is 1.56 bits per heavy atom. The van der Waals surface area contributed by atoms with E-state index in [0.29, 0.717) is 11.8 Å². The molecule has 0 rings (SSSR count). The molecule has 0 aromatic carbocycles. The van der Waals surface area contributed by atoms with Gasteiger partial charge in [0.05, 0.1) is 5.75 Å². The first-order valence-corrected chi connectivity index (χ1v) is 9.25. The van der Waals surface area contributed by atoms with Gasteiger partial charge in [-0.25, -0.2) is 8.42 Å². The molecule has 0 fully saturated rings. The van der Waals surface area contributed by atoms with Gasteiger partial charge in [0, 0.05) is 11.8 Å². The summed E-state index contributed by atoms with van der Waals surface area (Å²) < 4.78 is 22.8. The number of sulfone groups is 1. The molecule has 0 spiro atoms. The molecule has 0 radical (unpaired) electrons. The van der Waals surface area contributed by atoms with Crippen molar-refractivity contribution in [1.29, 1.82) is 0 Å². The van der Waals surface area contributed by atoms with Crippen molar-refractivity contribution in [2.45, 2.75) is 71.3 Å². The van der Waals surface area contributed by atoms with Crippen LogP contribution in [-0.4, -0.2) is 33.0 Å². The highest BCUT2D eigenvalue weighted by atomic mass is 32.2. The third kappa shape index (κ3) is 9.89. The summed E-state index contributed by atoms with van der Waals surface area (Å²) in [5, 5.41) is 3.30. The summed E-state index contributed by atoms with van der Waals surface area (Å²) in [7, 11) is -0.806. The van der Waals surface area contributed by atoms with E-state index < -0.39 is 9.84 Å². The van der Waals surface area contributed by atoms with E-state index in [0.717, 1.165) is 12.8 Å². The van der Waals surface area contributed by atoms with Crippen LogP contribution < -0.4 is 5.32 Å². The van der Waals surface area contributed by atoms with Crippen molar-refractivity contribution in [3.63, 3.8) is 0 Å². The molecule has 1 N–H and O–H groups in total. The van der Waals surface area contributed by atoms with Crippen LogP contribution in [0.2, 0.25) is 0 Å². The largest absolute Gasteiger partial charge is 0.317 e. The first-order valence-electron chi connectivity index (χ1n) is 7.43. The quantitative estimate of drug-likeness (QED) is 0.557. The Labute approximate surface area is 114 Å². The highest BCUT2D eigenvalue weighted by molar-refractivity contribution is 7.91. The normalized spacial score (nSPS) is 13.7. The Morgan fingerprint density at radius 1 is 0.944 bits per heavy atom. The van der Waals surface area contributed by atoms with Crippen molar-refractivity contribution in [2.24, 2.45) is 0 Å². The van der Waals surface area contributed by atoms with Gasteiger partial charge in [0.25, 0.3) is 0 Å². The molecule has 18 heavy (non-hydrogen) atoms. The van der Waals surface area contributed by atoms with E-state index in [1.165, 1.54) is 38.5 Å². The fourth-order valence-corrected chi connectivity index (χ4v) is 3.02. The van der Waals surface area contributed by atoms with Gasteiger partial charge in [-0.05, 0) is 26.3 Å². The molecule has 0 saturated carbocycles. The fourth-order valence-electron chi connectivity index (χ4n) is 2.12. The van der Waals surface area contributed by atoms with Gasteiger partial charge >= 0.3 is 0 Å². The van der Waals surface area contributed by atoms with E-state index in [1.807, 2.05) is 7.05 Å². The summed E-state index contributed by atoms with van der Waals surface area (Å²) in [5.41, 5.74) is 0. The molecule has 0 aromatic rings. The minimum Gasteiger partial charge on any atom is -0.317 e. The SMILES string of the molecule is CCCCCCCC(CCCS(=O)(=O)CC)NC. The van der Waals surface area contributed by atoms with Crippen LogP contribution in [0.3, 0.4) is 0 Å². The van der Waals surface area contributed by atoms with Crippen molar-refractivity contribution in [2.75, 3.05) is 18.6 Å². The van der Waals surface area contributed by atoms with E-state index >= 15 is 0 Å². The fraction of sp³-hybridized carbons (Fsp3) is 1.00. The molecule has 0 aliphatic carbocycles. The third-order valence-electron chi connectivity index (χ3n) is 3.51. The zero-order valence-electron chi connectivity index (χ0n) is 12.4. The molecule has 1 atom stereocenters. The van der Waals surface area contributed by atoms with Crippen LogP contribution >= 0.6 is 0 Å². The molecule has 0 saturated heterocycles.